The van der Waals surface area contributed by atoms with Gasteiger partial charge in [0.05, 0.1) is 0 Å². The number of hydrogen-bond acceptors (Lipinski definition) is 2. The Bertz CT molecular complexity index is 706. The third kappa shape index (κ3) is 5.62. The number of aryl methyl sites for hydroxylation is 2. The lowest BCUT2D eigenvalue weighted by Gasteiger charge is -2.07. The normalized spacial score (nSPS) is 11.4. The van der Waals surface area contributed by atoms with E-state index in [1.54, 1.807) is 16.7 Å². The first-order chi connectivity index (χ1) is 11.2. The van der Waals surface area contributed by atoms with E-state index in [9.17, 15) is 4.79 Å². The first-order valence-corrected chi connectivity index (χ1v) is 8.00. The van der Waals surface area contributed by atoms with Crippen molar-refractivity contribution in [3.05, 3.63) is 64.6 Å². The van der Waals surface area contributed by atoms with Crippen molar-refractivity contribution >= 4 is 11.6 Å². The molecule has 0 fully saturated rings. The van der Waals surface area contributed by atoms with Gasteiger partial charge >= 0.3 is 0 Å². The Labute approximate surface area is 136 Å². The molecule has 3 N–H and O–H groups in total. The molecule has 0 atom stereocenters. The Hall–Kier alpha value is -2.56. The Kier molecular flexibility index (Phi) is 6.41. The molecule has 0 amide bonds. The molecule has 0 spiro atoms. The number of hydrogen-bond donors (Lipinski definition) is 2. The topological polar surface area (TPSA) is 72.4 Å². The van der Waals surface area contributed by atoms with E-state index < -0.39 is 0 Å². The number of nitrogens with two attached hydrogens (primary N) is 1. The Morgan fingerprint density at radius 3 is 2.87 bits per heavy atom. The van der Waals surface area contributed by atoms with Gasteiger partial charge in [-0.05, 0) is 43.0 Å². The van der Waals surface area contributed by atoms with Crippen LogP contribution in [0.5, 0.6) is 0 Å². The molecular formula is C18H24N4O. The van der Waals surface area contributed by atoms with Crippen LogP contribution < -0.4 is 16.6 Å². The minimum absolute atomic E-state index is 0.0352. The van der Waals surface area contributed by atoms with Crippen LogP contribution in [0, 0.1) is 0 Å². The molecule has 1 heterocycles. The molecule has 0 bridgehead atoms. The summed E-state index contributed by atoms with van der Waals surface area (Å²) in [5.74, 6) is 0.426. The lowest BCUT2D eigenvalue weighted by molar-refractivity contribution is 0.599. The van der Waals surface area contributed by atoms with Crippen LogP contribution in [0.25, 0.3) is 0 Å². The Morgan fingerprint density at radius 2 is 2.09 bits per heavy atom. The van der Waals surface area contributed by atoms with E-state index in [0.29, 0.717) is 19.0 Å². The van der Waals surface area contributed by atoms with Crippen molar-refractivity contribution in [1.82, 2.24) is 4.57 Å². The van der Waals surface area contributed by atoms with Crippen LogP contribution in [-0.2, 0) is 13.0 Å². The quantitative estimate of drug-likeness (QED) is 0.469. The maximum atomic E-state index is 11.6. The number of nitrogens with zero attached hydrogens (tertiary/aromatic N) is 2. The van der Waals surface area contributed by atoms with Gasteiger partial charge in [0.15, 0.2) is 5.96 Å². The fourth-order valence-electron chi connectivity index (χ4n) is 2.30. The summed E-state index contributed by atoms with van der Waals surface area (Å²) in [6, 6.07) is 13.3. The van der Waals surface area contributed by atoms with Crippen LogP contribution in [-0.4, -0.2) is 17.1 Å². The molecule has 0 radical (unpaired) electrons. The summed E-state index contributed by atoms with van der Waals surface area (Å²) < 4.78 is 1.71. The average Bonchev–Trinajstić information content (AvgIpc) is 2.56. The summed E-state index contributed by atoms with van der Waals surface area (Å²) in [5, 5.41) is 3.11. The molecule has 0 aliphatic rings. The highest BCUT2D eigenvalue weighted by molar-refractivity contribution is 5.92. The first-order valence-electron chi connectivity index (χ1n) is 8.00. The largest absolute Gasteiger partial charge is 0.370 e. The maximum absolute atomic E-state index is 11.6. The lowest BCUT2D eigenvalue weighted by Crippen LogP contribution is -2.23. The van der Waals surface area contributed by atoms with Crippen molar-refractivity contribution in [2.75, 3.05) is 11.9 Å². The third-order valence-corrected chi connectivity index (χ3v) is 3.60. The van der Waals surface area contributed by atoms with Gasteiger partial charge in [0.25, 0.3) is 0 Å². The molecular weight excluding hydrogens is 288 g/mol. The van der Waals surface area contributed by atoms with Crippen LogP contribution in [0.1, 0.15) is 25.3 Å². The minimum Gasteiger partial charge on any atom is -0.370 e. The van der Waals surface area contributed by atoms with Crippen LogP contribution >= 0.6 is 0 Å². The molecule has 0 saturated heterocycles. The van der Waals surface area contributed by atoms with Crippen molar-refractivity contribution < 1.29 is 0 Å². The molecule has 2 rings (SSSR count). The highest BCUT2D eigenvalue weighted by Gasteiger charge is 1.97. The molecule has 23 heavy (non-hydrogen) atoms. The van der Waals surface area contributed by atoms with Crippen molar-refractivity contribution in [2.45, 2.75) is 32.7 Å². The van der Waals surface area contributed by atoms with Gasteiger partial charge in [-0.15, -0.1) is 0 Å². The first kappa shape index (κ1) is 16.8. The zero-order valence-electron chi connectivity index (χ0n) is 13.5. The number of unbranched alkanes of at least 4 members (excludes halogenated alkanes) is 1. The third-order valence-electron chi connectivity index (χ3n) is 3.60. The fourth-order valence-corrected chi connectivity index (χ4v) is 2.30. The van der Waals surface area contributed by atoms with Crippen molar-refractivity contribution in [3.8, 4) is 0 Å². The predicted octanol–water partition coefficient (Wildman–Crippen LogP) is 2.62. The molecule has 0 unspecified atom stereocenters. The Balaban J connectivity index is 1.74. The molecule has 122 valence electrons. The smallest absolute Gasteiger partial charge is 0.250 e. The van der Waals surface area contributed by atoms with Gasteiger partial charge in [0.1, 0.15) is 0 Å². The van der Waals surface area contributed by atoms with E-state index in [-0.39, 0.29) is 5.56 Å². The van der Waals surface area contributed by atoms with Gasteiger partial charge in [-0.3, -0.25) is 9.79 Å². The highest BCUT2D eigenvalue weighted by atomic mass is 16.1. The van der Waals surface area contributed by atoms with Gasteiger partial charge < -0.3 is 15.6 Å². The van der Waals surface area contributed by atoms with Crippen molar-refractivity contribution in [3.63, 3.8) is 0 Å². The van der Waals surface area contributed by atoms with Crippen molar-refractivity contribution in [1.29, 1.82) is 0 Å². The van der Waals surface area contributed by atoms with E-state index in [4.69, 9.17) is 5.73 Å². The summed E-state index contributed by atoms with van der Waals surface area (Å²) in [6.45, 7) is 3.48. The number of anilines is 1. The van der Waals surface area contributed by atoms with Gasteiger partial charge in [0.2, 0.25) is 5.56 Å². The summed E-state index contributed by atoms with van der Waals surface area (Å²) in [7, 11) is 0. The number of rotatable bonds is 7. The van der Waals surface area contributed by atoms with E-state index in [2.05, 4.69) is 29.4 Å². The average molecular weight is 312 g/mol. The molecule has 5 nitrogen and oxygen atoms in total. The molecule has 1 aromatic carbocycles. The second kappa shape index (κ2) is 8.78. The number of guanidine groups is 1. The monoisotopic (exact) mass is 312 g/mol. The minimum atomic E-state index is 0.0352. The summed E-state index contributed by atoms with van der Waals surface area (Å²) >= 11 is 0. The number of nitrogens with one attached hydrogen (secondary N) is 1. The van der Waals surface area contributed by atoms with Gasteiger partial charge in [-0.1, -0.05) is 25.1 Å². The zero-order valence-corrected chi connectivity index (χ0v) is 13.5. The van der Waals surface area contributed by atoms with Gasteiger partial charge in [-0.2, -0.15) is 0 Å². The molecule has 2 aromatic rings. The molecule has 5 heteroatoms. The lowest BCUT2D eigenvalue weighted by atomic mass is 10.1. The molecule has 0 saturated carbocycles. The molecule has 1 aromatic heterocycles. The standard InChI is InChI=1S/C18H24N4O/c1-2-15-8-7-9-16(14-15)21-18(19)20-11-4-6-13-22-12-5-3-10-17(22)23/h3,5,7-10,12,14H,2,4,6,11,13H2,1H3,(H3,19,20,21). The summed E-state index contributed by atoms with van der Waals surface area (Å²) in [5.41, 5.74) is 8.15. The fraction of sp³-hybridized carbons (Fsp3) is 0.333. The number of aliphatic imine (C=N–C) groups is 1. The molecule has 0 aliphatic heterocycles. The van der Waals surface area contributed by atoms with Crippen LogP contribution in [0.4, 0.5) is 5.69 Å². The second-order valence-corrected chi connectivity index (χ2v) is 5.39. The van der Waals surface area contributed by atoms with Crippen molar-refractivity contribution in [2.24, 2.45) is 10.7 Å². The van der Waals surface area contributed by atoms with E-state index in [1.165, 1.54) is 5.56 Å². The number of aromatic nitrogens is 1. The van der Waals surface area contributed by atoms with Crippen LogP contribution in [0.2, 0.25) is 0 Å². The van der Waals surface area contributed by atoms with E-state index >= 15 is 0 Å². The van der Waals surface area contributed by atoms with Gasteiger partial charge in [0, 0.05) is 31.0 Å². The second-order valence-electron chi connectivity index (χ2n) is 5.39. The molecule has 0 aliphatic carbocycles. The summed E-state index contributed by atoms with van der Waals surface area (Å²) in [6.07, 6.45) is 4.58. The number of pyridine rings is 1. The number of benzene rings is 1. The van der Waals surface area contributed by atoms with E-state index in [1.807, 2.05) is 24.4 Å². The Morgan fingerprint density at radius 1 is 1.22 bits per heavy atom. The van der Waals surface area contributed by atoms with E-state index in [0.717, 1.165) is 24.9 Å². The maximum Gasteiger partial charge on any atom is 0.250 e. The SMILES string of the molecule is CCc1cccc(NC(N)=NCCCCn2ccccc2=O)c1. The zero-order chi connectivity index (χ0) is 16.5. The highest BCUT2D eigenvalue weighted by Crippen LogP contribution is 2.10. The van der Waals surface area contributed by atoms with Gasteiger partial charge in [-0.25, -0.2) is 0 Å². The summed E-state index contributed by atoms with van der Waals surface area (Å²) in [4.78, 5) is 15.9. The van der Waals surface area contributed by atoms with Crippen LogP contribution in [0.3, 0.4) is 0 Å². The van der Waals surface area contributed by atoms with Crippen LogP contribution in [0.15, 0.2) is 58.4 Å². The predicted molar refractivity (Wildman–Crippen MR) is 95.9 cm³/mol.